The summed E-state index contributed by atoms with van der Waals surface area (Å²) in [6.45, 7) is 0. The highest BCUT2D eigenvalue weighted by atomic mass is 32.1. The Morgan fingerprint density at radius 1 is 1.10 bits per heavy atom. The first-order valence-corrected chi connectivity index (χ1v) is 9.21. The predicted octanol–water partition coefficient (Wildman–Crippen LogP) is 2.95. The minimum Gasteiger partial charge on any atom is -0.495 e. The maximum Gasteiger partial charge on any atom is 0.416 e. The number of benzene rings is 2. The molecule has 9 heteroatoms. The Bertz CT molecular complexity index is 1360. The number of ether oxygens (including phenoxy) is 1. The number of nitriles is 2. The van der Waals surface area contributed by atoms with Crippen LogP contribution in [0.5, 0.6) is 5.75 Å². The lowest BCUT2D eigenvalue weighted by Crippen LogP contribution is -2.31. The van der Waals surface area contributed by atoms with E-state index in [1.807, 2.05) is 0 Å². The lowest BCUT2D eigenvalue weighted by molar-refractivity contribution is -0.137. The molecule has 0 bridgehead atoms. The maximum atomic E-state index is 13.3. The fraction of sp³-hybridized carbons (Fsp3) is 0.0952. The largest absolute Gasteiger partial charge is 0.495 e. The van der Waals surface area contributed by atoms with Crippen molar-refractivity contribution in [2.45, 2.75) is 6.18 Å². The lowest BCUT2D eigenvalue weighted by Gasteiger charge is -2.09. The quantitative estimate of drug-likeness (QED) is 0.644. The minimum atomic E-state index is -4.61. The van der Waals surface area contributed by atoms with Gasteiger partial charge in [0.15, 0.2) is 5.57 Å². The summed E-state index contributed by atoms with van der Waals surface area (Å²) in [5.74, 6) is 0.302. The number of nitrogens with zero attached hydrogens (tertiary/aromatic N) is 3. The zero-order valence-electron chi connectivity index (χ0n) is 15.4. The molecule has 0 aliphatic rings. The number of rotatable bonds is 3. The molecule has 2 aromatic carbocycles. The SMILES string of the molecule is COc1ccccc1-n1c(=C(C#N)C#N)s/c(=C/c2ccccc2C(F)(F)F)c1=O. The molecule has 5 nitrogen and oxygen atoms in total. The number of hydrogen-bond acceptors (Lipinski definition) is 5. The third-order valence-electron chi connectivity index (χ3n) is 4.14. The number of halogens is 3. The molecule has 150 valence electrons. The Labute approximate surface area is 172 Å². The van der Waals surface area contributed by atoms with Gasteiger partial charge in [-0.25, -0.2) is 0 Å². The fourth-order valence-corrected chi connectivity index (χ4v) is 3.86. The third kappa shape index (κ3) is 3.84. The molecular weight excluding hydrogens is 415 g/mol. The molecule has 0 unspecified atom stereocenters. The van der Waals surface area contributed by atoms with Gasteiger partial charge >= 0.3 is 6.18 Å². The molecule has 0 spiro atoms. The summed E-state index contributed by atoms with van der Waals surface area (Å²) in [4.78, 5) is 13.1. The van der Waals surface area contributed by atoms with Gasteiger partial charge in [-0.3, -0.25) is 9.36 Å². The van der Waals surface area contributed by atoms with Crippen LogP contribution in [0.2, 0.25) is 0 Å². The van der Waals surface area contributed by atoms with E-state index in [1.165, 1.54) is 25.3 Å². The van der Waals surface area contributed by atoms with Crippen molar-refractivity contribution in [2.75, 3.05) is 7.11 Å². The van der Waals surface area contributed by atoms with Gasteiger partial charge in [0.2, 0.25) is 0 Å². The Balaban J connectivity index is 2.45. The van der Waals surface area contributed by atoms with Crippen molar-refractivity contribution in [3.63, 3.8) is 0 Å². The van der Waals surface area contributed by atoms with Crippen LogP contribution in [-0.4, -0.2) is 11.7 Å². The van der Waals surface area contributed by atoms with E-state index < -0.39 is 17.3 Å². The highest BCUT2D eigenvalue weighted by molar-refractivity contribution is 7.07. The van der Waals surface area contributed by atoms with Crippen molar-refractivity contribution in [2.24, 2.45) is 0 Å². The van der Waals surface area contributed by atoms with Gasteiger partial charge < -0.3 is 4.74 Å². The molecular formula is C21H12F3N3O2S. The first-order chi connectivity index (χ1) is 14.3. The molecule has 0 N–H and O–H groups in total. The molecule has 0 radical (unpaired) electrons. The van der Waals surface area contributed by atoms with Crippen LogP contribution in [-0.2, 0) is 6.18 Å². The number of methoxy groups -OCH3 is 1. The summed E-state index contributed by atoms with van der Waals surface area (Å²) in [5, 5.41) is 18.6. The summed E-state index contributed by atoms with van der Waals surface area (Å²) in [6, 6.07) is 14.7. The second-order valence-electron chi connectivity index (χ2n) is 5.91. The standard InChI is InChI=1S/C21H12F3N3O2S/c1-29-17-9-5-4-8-16(17)27-19(28)18(30-20(27)14(11-25)12-26)10-13-6-2-3-7-15(13)21(22,23)24/h2-10H,1H3/b18-10+. The normalized spacial score (nSPS) is 11.6. The fourth-order valence-electron chi connectivity index (χ4n) is 2.83. The van der Waals surface area contributed by atoms with Crippen LogP contribution in [0.1, 0.15) is 11.1 Å². The number of para-hydroxylation sites is 2. The summed E-state index contributed by atoms with van der Waals surface area (Å²) < 4.78 is 46.3. The molecule has 0 saturated carbocycles. The summed E-state index contributed by atoms with van der Waals surface area (Å²) in [5.41, 5.74) is -1.83. The van der Waals surface area contributed by atoms with Crippen LogP contribution in [0.3, 0.4) is 0 Å². The van der Waals surface area contributed by atoms with Gasteiger partial charge in [0, 0.05) is 0 Å². The van der Waals surface area contributed by atoms with Crippen molar-refractivity contribution in [1.82, 2.24) is 4.57 Å². The molecule has 0 aliphatic carbocycles. The van der Waals surface area contributed by atoms with Crippen LogP contribution in [0.15, 0.2) is 53.3 Å². The van der Waals surface area contributed by atoms with Crippen LogP contribution in [0.4, 0.5) is 13.2 Å². The Kier molecular flexibility index (Phi) is 5.77. The van der Waals surface area contributed by atoms with Crippen LogP contribution < -0.4 is 19.5 Å². The van der Waals surface area contributed by atoms with Gasteiger partial charge in [-0.2, -0.15) is 23.7 Å². The number of thiazole rings is 1. The average Bonchev–Trinajstić information content (AvgIpc) is 3.04. The molecule has 1 heterocycles. The summed E-state index contributed by atoms with van der Waals surface area (Å²) >= 11 is 0.762. The van der Waals surface area contributed by atoms with Crippen LogP contribution in [0, 0.1) is 22.7 Å². The van der Waals surface area contributed by atoms with Gasteiger partial charge in [0.05, 0.1) is 22.9 Å². The van der Waals surface area contributed by atoms with Crippen LogP contribution in [0.25, 0.3) is 17.3 Å². The minimum absolute atomic E-state index is 0.00485. The predicted molar refractivity (Wildman–Crippen MR) is 105 cm³/mol. The van der Waals surface area contributed by atoms with Crippen LogP contribution >= 0.6 is 11.3 Å². The lowest BCUT2D eigenvalue weighted by atomic mass is 10.1. The van der Waals surface area contributed by atoms with E-state index >= 15 is 0 Å². The van der Waals surface area contributed by atoms with Crippen molar-refractivity contribution >= 4 is 23.0 Å². The number of alkyl halides is 3. The zero-order valence-corrected chi connectivity index (χ0v) is 16.2. The summed E-state index contributed by atoms with van der Waals surface area (Å²) in [6.07, 6.45) is -3.50. The van der Waals surface area contributed by atoms with Crippen molar-refractivity contribution in [3.8, 4) is 23.6 Å². The van der Waals surface area contributed by atoms with Gasteiger partial charge in [0.1, 0.15) is 22.6 Å². The van der Waals surface area contributed by atoms with E-state index in [-0.39, 0.29) is 26.0 Å². The molecule has 0 amide bonds. The molecule has 1 aromatic heterocycles. The van der Waals surface area contributed by atoms with Gasteiger partial charge in [-0.05, 0) is 29.8 Å². The van der Waals surface area contributed by atoms with Gasteiger partial charge in [-0.1, -0.05) is 30.3 Å². The molecule has 0 atom stereocenters. The van der Waals surface area contributed by atoms with E-state index in [9.17, 15) is 28.5 Å². The topological polar surface area (TPSA) is 78.8 Å². The molecule has 0 fully saturated rings. The van der Waals surface area contributed by atoms with E-state index in [4.69, 9.17) is 4.74 Å². The highest BCUT2D eigenvalue weighted by Gasteiger charge is 2.32. The zero-order chi connectivity index (χ0) is 21.9. The first kappa shape index (κ1) is 20.9. The molecule has 0 aliphatic heterocycles. The van der Waals surface area contributed by atoms with Crippen molar-refractivity contribution in [1.29, 1.82) is 10.5 Å². The second-order valence-corrected chi connectivity index (χ2v) is 6.94. The monoisotopic (exact) mass is 427 g/mol. The third-order valence-corrected chi connectivity index (χ3v) is 5.23. The number of aromatic nitrogens is 1. The van der Waals surface area contributed by atoms with Crippen molar-refractivity contribution in [3.05, 3.63) is 79.2 Å². The Morgan fingerprint density at radius 3 is 2.37 bits per heavy atom. The molecule has 30 heavy (non-hydrogen) atoms. The molecule has 0 saturated heterocycles. The Hall–Kier alpha value is -3.82. The summed E-state index contributed by atoms with van der Waals surface area (Å²) in [7, 11) is 1.39. The molecule has 3 aromatic rings. The Morgan fingerprint density at radius 2 is 1.73 bits per heavy atom. The van der Waals surface area contributed by atoms with Gasteiger partial charge in [-0.15, -0.1) is 11.3 Å². The van der Waals surface area contributed by atoms with Crippen molar-refractivity contribution < 1.29 is 17.9 Å². The smallest absolute Gasteiger partial charge is 0.416 e. The highest BCUT2D eigenvalue weighted by Crippen LogP contribution is 2.32. The van der Waals surface area contributed by atoms with Gasteiger partial charge in [0.25, 0.3) is 5.56 Å². The number of hydrogen-bond donors (Lipinski definition) is 0. The first-order valence-electron chi connectivity index (χ1n) is 8.39. The van der Waals surface area contributed by atoms with E-state index in [0.717, 1.165) is 28.0 Å². The van der Waals surface area contributed by atoms with E-state index in [2.05, 4.69) is 0 Å². The maximum absolute atomic E-state index is 13.3. The van der Waals surface area contributed by atoms with E-state index in [0.29, 0.717) is 5.75 Å². The van der Waals surface area contributed by atoms with E-state index in [1.54, 1.807) is 36.4 Å². The molecule has 3 rings (SSSR count). The second kappa shape index (κ2) is 8.27. The average molecular weight is 427 g/mol.